The van der Waals surface area contributed by atoms with Gasteiger partial charge in [0.15, 0.2) is 0 Å². The lowest BCUT2D eigenvalue weighted by Gasteiger charge is -2.29. The zero-order valence-electron chi connectivity index (χ0n) is 11.8. The first-order valence-electron chi connectivity index (χ1n) is 6.29. The molecule has 1 heterocycles. The van der Waals surface area contributed by atoms with E-state index in [1.165, 1.54) is 12.3 Å². The van der Waals surface area contributed by atoms with E-state index in [9.17, 15) is 9.18 Å². The number of pyridine rings is 1. The number of ether oxygens (including phenoxy) is 1. The molecule has 0 aliphatic carbocycles. The molecule has 0 aliphatic heterocycles. The number of methoxy groups -OCH3 is 1. The number of nitrogens with one attached hydrogen (secondary N) is 1. The van der Waals surface area contributed by atoms with Crippen LogP contribution in [0.5, 0.6) is 5.75 Å². The molecule has 6 heteroatoms. The van der Waals surface area contributed by atoms with Crippen molar-refractivity contribution in [2.45, 2.75) is 12.5 Å². The smallest absolute Gasteiger partial charge is 0.247 e. The van der Waals surface area contributed by atoms with E-state index in [1.54, 1.807) is 38.3 Å². The van der Waals surface area contributed by atoms with Crippen molar-refractivity contribution >= 4 is 11.6 Å². The number of nitrogens with zero attached hydrogens (tertiary/aromatic N) is 1. The highest BCUT2D eigenvalue weighted by Crippen LogP contribution is 2.27. The van der Waals surface area contributed by atoms with Crippen LogP contribution in [0.3, 0.4) is 0 Å². The lowest BCUT2D eigenvalue weighted by molar-refractivity contribution is -0.122. The number of rotatable bonds is 5. The highest BCUT2D eigenvalue weighted by molar-refractivity contribution is 5.88. The van der Waals surface area contributed by atoms with E-state index in [-0.39, 0.29) is 0 Å². The van der Waals surface area contributed by atoms with Crippen molar-refractivity contribution in [2.24, 2.45) is 5.73 Å². The molecule has 1 aromatic carbocycles. The maximum Gasteiger partial charge on any atom is 0.247 e. The molecule has 1 amide bonds. The summed E-state index contributed by atoms with van der Waals surface area (Å²) in [5, 5.41) is 3.01. The Balaban J connectivity index is 2.40. The quantitative estimate of drug-likeness (QED) is 0.883. The van der Waals surface area contributed by atoms with Crippen LogP contribution in [-0.2, 0) is 10.3 Å². The molecule has 110 valence electrons. The number of carbonyl (C=O) groups excluding carboxylic acids is 1. The summed E-state index contributed by atoms with van der Waals surface area (Å²) in [6.45, 7) is 1.57. The van der Waals surface area contributed by atoms with Gasteiger partial charge in [0, 0.05) is 23.5 Å². The van der Waals surface area contributed by atoms with E-state index in [0.29, 0.717) is 17.0 Å². The van der Waals surface area contributed by atoms with E-state index >= 15 is 0 Å². The number of carbonyl (C=O) groups is 1. The number of halogens is 1. The first kappa shape index (κ1) is 14.8. The van der Waals surface area contributed by atoms with Crippen molar-refractivity contribution in [3.05, 3.63) is 54.1 Å². The van der Waals surface area contributed by atoms with Gasteiger partial charge < -0.3 is 15.8 Å². The van der Waals surface area contributed by atoms with E-state index in [0.717, 1.165) is 6.20 Å². The number of benzene rings is 1. The van der Waals surface area contributed by atoms with Crippen LogP contribution in [0.4, 0.5) is 10.1 Å². The molecular weight excluding hydrogens is 273 g/mol. The third-order valence-corrected chi connectivity index (χ3v) is 3.24. The summed E-state index contributed by atoms with van der Waals surface area (Å²) in [4.78, 5) is 15.6. The minimum atomic E-state index is -1.29. The zero-order valence-corrected chi connectivity index (χ0v) is 11.8. The molecule has 3 N–H and O–H groups in total. The second-order valence-electron chi connectivity index (χ2n) is 4.74. The summed E-state index contributed by atoms with van der Waals surface area (Å²) in [6.07, 6.45) is 2.47. The van der Waals surface area contributed by atoms with Gasteiger partial charge in [0.25, 0.3) is 0 Å². The topological polar surface area (TPSA) is 77.2 Å². The minimum absolute atomic E-state index is 0.345. The molecule has 1 aromatic heterocycles. The van der Waals surface area contributed by atoms with Crippen LogP contribution in [0.2, 0.25) is 0 Å². The average molecular weight is 289 g/mol. The SMILES string of the molecule is COc1cccc(NC(C)(C(N)=O)c2cncc(F)c2)c1. The summed E-state index contributed by atoms with van der Waals surface area (Å²) in [7, 11) is 1.54. The van der Waals surface area contributed by atoms with Gasteiger partial charge in [-0.3, -0.25) is 9.78 Å². The first-order valence-corrected chi connectivity index (χ1v) is 6.29. The van der Waals surface area contributed by atoms with Gasteiger partial charge >= 0.3 is 0 Å². The Morgan fingerprint density at radius 3 is 2.76 bits per heavy atom. The van der Waals surface area contributed by atoms with Crippen molar-refractivity contribution in [2.75, 3.05) is 12.4 Å². The van der Waals surface area contributed by atoms with Crippen molar-refractivity contribution < 1.29 is 13.9 Å². The number of anilines is 1. The Bertz CT molecular complexity index is 663. The molecule has 2 rings (SSSR count). The van der Waals surface area contributed by atoms with Gasteiger partial charge in [-0.05, 0) is 25.1 Å². The minimum Gasteiger partial charge on any atom is -0.497 e. The third kappa shape index (κ3) is 3.10. The number of aromatic nitrogens is 1. The van der Waals surface area contributed by atoms with Gasteiger partial charge in [-0.15, -0.1) is 0 Å². The van der Waals surface area contributed by atoms with E-state index < -0.39 is 17.3 Å². The molecule has 0 spiro atoms. The van der Waals surface area contributed by atoms with Gasteiger partial charge in [-0.25, -0.2) is 4.39 Å². The van der Waals surface area contributed by atoms with Gasteiger partial charge in [0.05, 0.1) is 13.3 Å². The fraction of sp³-hybridized carbons (Fsp3) is 0.200. The largest absolute Gasteiger partial charge is 0.497 e. The van der Waals surface area contributed by atoms with E-state index in [1.807, 2.05) is 0 Å². The second kappa shape index (κ2) is 5.78. The predicted molar refractivity (Wildman–Crippen MR) is 77.4 cm³/mol. The molecule has 0 aliphatic rings. The number of amides is 1. The molecule has 5 nitrogen and oxygen atoms in total. The number of primary amides is 1. The Morgan fingerprint density at radius 2 is 2.14 bits per heavy atom. The summed E-state index contributed by atoms with van der Waals surface area (Å²) in [5.74, 6) is -0.547. The molecule has 0 saturated heterocycles. The zero-order chi connectivity index (χ0) is 15.5. The van der Waals surface area contributed by atoms with Crippen LogP contribution in [0.1, 0.15) is 12.5 Å². The standard InChI is InChI=1S/C15H16FN3O2/c1-15(14(17)20,10-6-11(16)9-18-8-10)19-12-4-3-5-13(7-12)21-2/h3-9,19H,1-2H3,(H2,17,20). The lowest BCUT2D eigenvalue weighted by atomic mass is 9.92. The van der Waals surface area contributed by atoms with Crippen LogP contribution >= 0.6 is 0 Å². The fourth-order valence-electron chi connectivity index (χ4n) is 1.95. The highest BCUT2D eigenvalue weighted by Gasteiger charge is 2.34. The highest BCUT2D eigenvalue weighted by atomic mass is 19.1. The van der Waals surface area contributed by atoms with Crippen LogP contribution in [0.25, 0.3) is 0 Å². The van der Waals surface area contributed by atoms with Crippen LogP contribution in [0, 0.1) is 5.82 Å². The maximum absolute atomic E-state index is 13.4. The first-order chi connectivity index (χ1) is 9.95. The molecule has 21 heavy (non-hydrogen) atoms. The van der Waals surface area contributed by atoms with E-state index in [2.05, 4.69) is 10.3 Å². The molecule has 0 saturated carbocycles. The fourth-order valence-corrected chi connectivity index (χ4v) is 1.95. The van der Waals surface area contributed by atoms with Crippen LogP contribution in [0.15, 0.2) is 42.7 Å². The third-order valence-electron chi connectivity index (χ3n) is 3.24. The van der Waals surface area contributed by atoms with E-state index in [4.69, 9.17) is 10.5 Å². The second-order valence-corrected chi connectivity index (χ2v) is 4.74. The normalized spacial score (nSPS) is 13.3. The number of nitrogens with two attached hydrogens (primary N) is 1. The molecule has 2 aromatic rings. The number of hydrogen-bond donors (Lipinski definition) is 2. The van der Waals surface area contributed by atoms with Crippen molar-refractivity contribution in [1.82, 2.24) is 4.98 Å². The Morgan fingerprint density at radius 1 is 1.38 bits per heavy atom. The predicted octanol–water partition coefficient (Wildman–Crippen LogP) is 2.04. The monoisotopic (exact) mass is 289 g/mol. The van der Waals surface area contributed by atoms with Gasteiger partial charge in [0.2, 0.25) is 5.91 Å². The maximum atomic E-state index is 13.4. The van der Waals surface area contributed by atoms with Gasteiger partial charge in [-0.1, -0.05) is 6.07 Å². The summed E-state index contributed by atoms with van der Waals surface area (Å²) in [5.41, 5.74) is 5.17. The van der Waals surface area contributed by atoms with Crippen molar-refractivity contribution in [3.63, 3.8) is 0 Å². The van der Waals surface area contributed by atoms with Crippen molar-refractivity contribution in [3.8, 4) is 5.75 Å². The lowest BCUT2D eigenvalue weighted by Crippen LogP contribution is -2.45. The number of hydrogen-bond acceptors (Lipinski definition) is 4. The van der Waals surface area contributed by atoms with Gasteiger partial charge in [-0.2, -0.15) is 0 Å². The Labute approximate surface area is 121 Å². The Hall–Kier alpha value is -2.63. The summed E-state index contributed by atoms with van der Waals surface area (Å²) in [6, 6.07) is 8.25. The molecule has 0 radical (unpaired) electrons. The Kier molecular flexibility index (Phi) is 4.07. The molecule has 0 fully saturated rings. The molecule has 1 unspecified atom stereocenters. The van der Waals surface area contributed by atoms with Crippen molar-refractivity contribution in [1.29, 1.82) is 0 Å². The van der Waals surface area contributed by atoms with Crippen LogP contribution in [-0.4, -0.2) is 18.0 Å². The summed E-state index contributed by atoms with van der Waals surface area (Å²) >= 11 is 0. The molecular formula is C15H16FN3O2. The van der Waals surface area contributed by atoms with Gasteiger partial charge in [0.1, 0.15) is 17.1 Å². The molecule has 0 bridgehead atoms. The summed E-state index contributed by atoms with van der Waals surface area (Å²) < 4.78 is 18.5. The molecule has 1 atom stereocenters. The average Bonchev–Trinajstić information content (AvgIpc) is 2.47. The van der Waals surface area contributed by atoms with Crippen LogP contribution < -0.4 is 15.8 Å².